The molecule has 3 aromatic carbocycles. The molecular formula is C37H32F7N3O5. The molecule has 0 radical (unpaired) electrons. The van der Waals surface area contributed by atoms with Crippen LogP contribution < -0.4 is 15.6 Å². The second-order valence-corrected chi connectivity index (χ2v) is 13.1. The summed E-state index contributed by atoms with van der Waals surface area (Å²) in [6, 6.07) is 8.18. The number of pyridine rings is 1. The lowest BCUT2D eigenvalue weighted by molar-refractivity contribution is -0.139. The Kier molecular flexibility index (Phi) is 9.68. The van der Waals surface area contributed by atoms with E-state index in [0.717, 1.165) is 17.8 Å². The summed E-state index contributed by atoms with van der Waals surface area (Å²) in [5.74, 6) is -7.22. The summed E-state index contributed by atoms with van der Waals surface area (Å²) in [6.07, 6.45) is -5.66. The quantitative estimate of drug-likeness (QED) is 0.213. The van der Waals surface area contributed by atoms with Crippen molar-refractivity contribution in [1.82, 2.24) is 14.8 Å². The number of benzene rings is 3. The van der Waals surface area contributed by atoms with Crippen LogP contribution in [0.3, 0.4) is 0 Å². The molecule has 4 bridgehead atoms. The van der Waals surface area contributed by atoms with E-state index in [1.165, 1.54) is 36.1 Å². The van der Waals surface area contributed by atoms with Crippen molar-refractivity contribution in [2.24, 2.45) is 0 Å². The van der Waals surface area contributed by atoms with Gasteiger partial charge in [-0.2, -0.15) is 13.2 Å². The van der Waals surface area contributed by atoms with Gasteiger partial charge >= 0.3 is 12.1 Å². The van der Waals surface area contributed by atoms with Crippen molar-refractivity contribution in [1.29, 1.82) is 0 Å². The maximum Gasteiger partial charge on any atom is 0.416 e. The molecule has 1 fully saturated rings. The number of halogens is 7. The third-order valence-electron chi connectivity index (χ3n) is 9.23. The molecule has 6 rings (SSSR count). The van der Waals surface area contributed by atoms with Crippen LogP contribution >= 0.6 is 0 Å². The first-order valence-corrected chi connectivity index (χ1v) is 16.2. The van der Waals surface area contributed by atoms with Crippen LogP contribution in [0.1, 0.15) is 57.4 Å². The Morgan fingerprint density at radius 3 is 2.40 bits per heavy atom. The van der Waals surface area contributed by atoms with Gasteiger partial charge in [0.05, 0.1) is 31.1 Å². The van der Waals surface area contributed by atoms with E-state index in [0.29, 0.717) is 27.0 Å². The smallest absolute Gasteiger partial charge is 0.416 e. The zero-order valence-electron chi connectivity index (χ0n) is 27.8. The van der Waals surface area contributed by atoms with Crippen LogP contribution in [-0.4, -0.2) is 52.0 Å². The van der Waals surface area contributed by atoms with Gasteiger partial charge in [-0.15, -0.1) is 0 Å². The molecule has 3 heterocycles. The molecule has 4 aromatic rings. The fourth-order valence-electron chi connectivity index (χ4n) is 6.76. The van der Waals surface area contributed by atoms with Gasteiger partial charge in [0.2, 0.25) is 5.91 Å². The van der Waals surface area contributed by atoms with Gasteiger partial charge in [-0.05, 0) is 78.4 Å². The van der Waals surface area contributed by atoms with Gasteiger partial charge in [0, 0.05) is 35.5 Å². The number of hydrogen-bond acceptors (Lipinski definition) is 5. The number of ether oxygens (including phenoxy) is 1. The van der Waals surface area contributed by atoms with Gasteiger partial charge in [0.25, 0.3) is 11.5 Å². The predicted octanol–water partition coefficient (Wildman–Crippen LogP) is 6.74. The number of carbonyl (C=O) groups is 2. The van der Waals surface area contributed by atoms with Gasteiger partial charge in [0.15, 0.2) is 0 Å². The zero-order chi connectivity index (χ0) is 37.7. The van der Waals surface area contributed by atoms with Crippen LogP contribution in [0.4, 0.5) is 30.7 Å². The maximum absolute atomic E-state index is 15.9. The largest absolute Gasteiger partial charge is 0.488 e. The fourth-order valence-corrected chi connectivity index (χ4v) is 6.76. The molecule has 1 aromatic heterocycles. The minimum atomic E-state index is -5.05. The number of carbonyl (C=O) groups excluding carboxylic acids is 1. The number of rotatable bonds is 6. The number of nitrogens with zero attached hydrogens (tertiary/aromatic N) is 2. The SMILES string of the molecule is Cc1cc2cc(c1F)[C@H](CC(=O)O)NC(=O)[C@H](n1cc(CCN3CC(F)(F)C3)c(C(F)(F)F)cc1=O)c1cc(ccc1F)COc1cccc(C)c1-2. The van der Waals surface area contributed by atoms with E-state index in [1.807, 2.05) is 0 Å². The summed E-state index contributed by atoms with van der Waals surface area (Å²) in [5.41, 5.74) is -1.89. The molecule has 2 N–H and O–H groups in total. The molecule has 1 amide bonds. The molecule has 274 valence electrons. The van der Waals surface area contributed by atoms with E-state index >= 15 is 8.78 Å². The average molecular weight is 732 g/mol. The molecule has 0 saturated carbocycles. The van der Waals surface area contributed by atoms with Crippen LogP contribution in [0, 0.1) is 25.5 Å². The molecule has 0 aliphatic carbocycles. The Morgan fingerprint density at radius 2 is 1.73 bits per heavy atom. The lowest BCUT2D eigenvalue weighted by Gasteiger charge is -2.38. The van der Waals surface area contributed by atoms with Crippen LogP contribution in [0.2, 0.25) is 0 Å². The lowest BCUT2D eigenvalue weighted by atomic mass is 9.91. The fraction of sp³-hybridized carbons (Fsp3) is 0.324. The van der Waals surface area contributed by atoms with Gasteiger partial charge < -0.3 is 15.2 Å². The van der Waals surface area contributed by atoms with E-state index < -0.39 is 95.9 Å². The monoisotopic (exact) mass is 731 g/mol. The summed E-state index contributed by atoms with van der Waals surface area (Å²) >= 11 is 0. The summed E-state index contributed by atoms with van der Waals surface area (Å²) in [4.78, 5) is 41.1. The van der Waals surface area contributed by atoms with Crippen molar-refractivity contribution >= 4 is 11.9 Å². The second kappa shape index (κ2) is 13.7. The number of aliphatic carboxylic acids is 1. The summed E-state index contributed by atoms with van der Waals surface area (Å²) in [5, 5.41) is 12.3. The van der Waals surface area contributed by atoms with E-state index in [4.69, 9.17) is 4.74 Å². The number of carboxylic acids is 1. The highest BCUT2D eigenvalue weighted by Crippen LogP contribution is 2.39. The van der Waals surface area contributed by atoms with E-state index in [9.17, 15) is 41.4 Å². The molecule has 0 unspecified atom stereocenters. The molecule has 1 saturated heterocycles. The molecule has 2 atom stereocenters. The normalized spacial score (nSPS) is 18.8. The number of carboxylic acid groups (broad SMARTS) is 1. The zero-order valence-corrected chi connectivity index (χ0v) is 27.8. The van der Waals surface area contributed by atoms with Crippen molar-refractivity contribution in [2.75, 3.05) is 19.6 Å². The van der Waals surface area contributed by atoms with Crippen LogP contribution in [0.25, 0.3) is 11.1 Å². The molecule has 8 nitrogen and oxygen atoms in total. The third kappa shape index (κ3) is 7.40. The van der Waals surface area contributed by atoms with Crippen LogP contribution in [0.15, 0.2) is 65.6 Å². The van der Waals surface area contributed by atoms with Crippen molar-refractivity contribution in [2.45, 2.75) is 57.5 Å². The number of amides is 1. The topological polar surface area (TPSA) is 101 Å². The number of fused-ring (bicyclic) bond motifs is 6. The Bertz CT molecular complexity index is 2120. The number of aryl methyl sites for hydroxylation is 2. The second-order valence-electron chi connectivity index (χ2n) is 13.1. The van der Waals surface area contributed by atoms with Crippen LogP contribution in [0.5, 0.6) is 5.75 Å². The van der Waals surface area contributed by atoms with E-state index in [2.05, 4.69) is 5.32 Å². The lowest BCUT2D eigenvalue weighted by Crippen LogP contribution is -2.56. The number of alkyl halides is 5. The van der Waals surface area contributed by atoms with Gasteiger partial charge in [-0.25, -0.2) is 17.6 Å². The van der Waals surface area contributed by atoms with Crippen molar-refractivity contribution in [3.8, 4) is 16.9 Å². The number of hydrogen-bond donors (Lipinski definition) is 2. The highest BCUT2D eigenvalue weighted by molar-refractivity contribution is 5.85. The van der Waals surface area contributed by atoms with Gasteiger partial charge in [-0.1, -0.05) is 18.2 Å². The molecule has 2 aliphatic heterocycles. The van der Waals surface area contributed by atoms with E-state index in [1.54, 1.807) is 25.1 Å². The van der Waals surface area contributed by atoms with Crippen molar-refractivity contribution < 1.29 is 50.2 Å². The number of aromatic nitrogens is 1. The molecule has 15 heteroatoms. The molecule has 52 heavy (non-hydrogen) atoms. The van der Waals surface area contributed by atoms with Crippen LogP contribution in [-0.2, 0) is 28.8 Å². The van der Waals surface area contributed by atoms with Gasteiger partial charge in [-0.3, -0.25) is 23.9 Å². The standard InChI is InChI=1S/C37H32F7N3O5/c1-19-4-3-5-29-32(19)23-10-20(2)33(39)25(12-23)28(14-31(49)50)45-35(51)34(24-11-21(16-52-29)6-7-27(24)38)47-15-22(8-9-46-17-36(40,41)18-46)26(13-30(47)48)37(42,43)44/h3-7,10-13,15,28,34H,8-9,14,16-18H2,1-2H3,(H,45,51)(H,49,50)/t28-,34+/m0/s1. The summed E-state index contributed by atoms with van der Waals surface area (Å²) in [7, 11) is 0. The first kappa shape index (κ1) is 36.6. The Labute approximate surface area is 292 Å². The number of likely N-dealkylation sites (tertiary alicyclic amines) is 1. The van der Waals surface area contributed by atoms with Gasteiger partial charge in [0.1, 0.15) is 30.0 Å². The van der Waals surface area contributed by atoms with Crippen molar-refractivity contribution in [3.05, 3.63) is 122 Å². The summed E-state index contributed by atoms with van der Waals surface area (Å²) in [6.45, 7) is 1.44. The molecule has 0 spiro atoms. The minimum Gasteiger partial charge on any atom is -0.488 e. The first-order chi connectivity index (χ1) is 24.4. The average Bonchev–Trinajstić information content (AvgIpc) is 3.04. The maximum atomic E-state index is 15.9. The highest BCUT2D eigenvalue weighted by Gasteiger charge is 2.44. The Morgan fingerprint density at radius 1 is 1.00 bits per heavy atom. The Hall–Kier alpha value is -5.18. The van der Waals surface area contributed by atoms with Crippen molar-refractivity contribution in [3.63, 3.8) is 0 Å². The highest BCUT2D eigenvalue weighted by atomic mass is 19.4. The molecule has 2 aliphatic rings. The summed E-state index contributed by atoms with van der Waals surface area (Å²) < 4.78 is 108. The number of nitrogens with one attached hydrogen (secondary N) is 1. The Balaban J connectivity index is 1.55. The first-order valence-electron chi connectivity index (χ1n) is 16.2. The third-order valence-corrected chi connectivity index (χ3v) is 9.23. The van der Waals surface area contributed by atoms with E-state index in [-0.39, 0.29) is 30.3 Å². The predicted molar refractivity (Wildman–Crippen MR) is 174 cm³/mol. The minimum absolute atomic E-state index is 0.0924. The molecular weight excluding hydrogens is 699 g/mol.